The average Bonchev–Trinajstić information content (AvgIpc) is 2.80. The van der Waals surface area contributed by atoms with Gasteiger partial charge in [-0.25, -0.2) is 9.18 Å². The number of hydrogen-bond donors (Lipinski definition) is 2. The van der Waals surface area contributed by atoms with Crippen molar-refractivity contribution < 1.29 is 9.18 Å². The molecule has 0 radical (unpaired) electrons. The Morgan fingerprint density at radius 3 is 2.67 bits per heavy atom. The van der Waals surface area contributed by atoms with E-state index < -0.39 is 5.82 Å². The van der Waals surface area contributed by atoms with Crippen LogP contribution >= 0.6 is 0 Å². The van der Waals surface area contributed by atoms with Crippen molar-refractivity contribution in [1.82, 2.24) is 9.13 Å². The van der Waals surface area contributed by atoms with Gasteiger partial charge >= 0.3 is 5.69 Å². The summed E-state index contributed by atoms with van der Waals surface area (Å²) in [6.45, 7) is 2.73. The minimum absolute atomic E-state index is 0.129. The maximum atomic E-state index is 12.9. The van der Waals surface area contributed by atoms with Crippen molar-refractivity contribution in [2.24, 2.45) is 0 Å². The van der Waals surface area contributed by atoms with E-state index in [9.17, 15) is 14.0 Å². The van der Waals surface area contributed by atoms with Crippen LogP contribution in [0.4, 0.5) is 15.8 Å². The maximum absolute atomic E-state index is 12.9. The lowest BCUT2D eigenvalue weighted by Gasteiger charge is -2.08. The van der Waals surface area contributed by atoms with E-state index in [0.29, 0.717) is 12.2 Å². The Bertz CT molecular complexity index is 705. The molecule has 0 atom stereocenters. The molecule has 0 spiro atoms. The molecule has 0 aliphatic heterocycles. The molecule has 0 saturated carbocycles. The van der Waals surface area contributed by atoms with E-state index >= 15 is 0 Å². The van der Waals surface area contributed by atoms with E-state index in [-0.39, 0.29) is 30.2 Å². The van der Waals surface area contributed by atoms with Crippen LogP contribution in [-0.2, 0) is 17.9 Å². The number of nitrogens with zero attached hydrogens (tertiary/aromatic N) is 2. The zero-order chi connectivity index (χ0) is 15.4. The summed E-state index contributed by atoms with van der Waals surface area (Å²) in [5.41, 5.74) is 5.99. The van der Waals surface area contributed by atoms with Gasteiger partial charge < -0.3 is 11.1 Å². The fourth-order valence-electron chi connectivity index (χ4n) is 1.95. The Balaban J connectivity index is 1.96. The highest BCUT2D eigenvalue weighted by molar-refractivity contribution is 5.93. The molecule has 1 amide bonds. The molecule has 0 bridgehead atoms. The first kappa shape index (κ1) is 14.8. The summed E-state index contributed by atoms with van der Waals surface area (Å²) in [5, 5.41) is 2.60. The molecule has 1 heterocycles. The highest BCUT2D eigenvalue weighted by atomic mass is 19.1. The number of amides is 1. The Morgan fingerprint density at radius 1 is 1.33 bits per heavy atom. The van der Waals surface area contributed by atoms with E-state index in [2.05, 4.69) is 5.32 Å². The number of nitrogens with two attached hydrogens (primary N) is 1. The van der Waals surface area contributed by atoms with Crippen molar-refractivity contribution in [3.8, 4) is 0 Å². The number of carbonyl (C=O) groups excluding carboxylic acids is 1. The molecule has 21 heavy (non-hydrogen) atoms. The van der Waals surface area contributed by atoms with Gasteiger partial charge in [0.15, 0.2) is 0 Å². The lowest BCUT2D eigenvalue weighted by atomic mass is 10.2. The fourth-order valence-corrected chi connectivity index (χ4v) is 1.95. The van der Waals surface area contributed by atoms with Gasteiger partial charge in [0, 0.05) is 31.9 Å². The maximum Gasteiger partial charge on any atom is 0.328 e. The highest BCUT2D eigenvalue weighted by Gasteiger charge is 2.08. The summed E-state index contributed by atoms with van der Waals surface area (Å²) in [4.78, 5) is 23.6. The molecular weight excluding hydrogens is 275 g/mol. The molecule has 112 valence electrons. The van der Waals surface area contributed by atoms with Crippen molar-refractivity contribution >= 4 is 17.3 Å². The number of nitrogen functional groups attached to an aromatic ring is 1. The molecule has 0 fully saturated rings. The van der Waals surface area contributed by atoms with Crippen molar-refractivity contribution in [3.05, 3.63) is 46.9 Å². The molecule has 0 saturated heterocycles. The average molecular weight is 292 g/mol. The van der Waals surface area contributed by atoms with E-state index in [1.165, 1.54) is 16.7 Å². The first-order valence-corrected chi connectivity index (χ1v) is 6.61. The number of nitrogens with one attached hydrogen (secondary N) is 1. The fraction of sp³-hybridized carbons (Fsp3) is 0.286. The molecule has 7 heteroatoms. The molecule has 1 aromatic heterocycles. The number of aromatic nitrogens is 2. The third-order valence-electron chi connectivity index (χ3n) is 3.13. The predicted molar refractivity (Wildman–Crippen MR) is 78.4 cm³/mol. The van der Waals surface area contributed by atoms with Crippen LogP contribution in [0.2, 0.25) is 0 Å². The summed E-state index contributed by atoms with van der Waals surface area (Å²) in [6.07, 6.45) is 3.45. The number of hydrogen-bond acceptors (Lipinski definition) is 3. The van der Waals surface area contributed by atoms with Crippen molar-refractivity contribution in [2.45, 2.75) is 26.4 Å². The molecule has 0 aliphatic carbocycles. The second-order valence-electron chi connectivity index (χ2n) is 4.59. The predicted octanol–water partition coefficient (Wildman–Crippen LogP) is 1.42. The van der Waals surface area contributed by atoms with Crippen LogP contribution in [0, 0.1) is 5.82 Å². The van der Waals surface area contributed by atoms with Crippen molar-refractivity contribution in [2.75, 3.05) is 11.1 Å². The van der Waals surface area contributed by atoms with Crippen molar-refractivity contribution in [1.29, 1.82) is 0 Å². The topological polar surface area (TPSA) is 82.1 Å². The Kier molecular flexibility index (Phi) is 4.42. The third-order valence-corrected chi connectivity index (χ3v) is 3.13. The van der Waals surface area contributed by atoms with Gasteiger partial charge in [0.2, 0.25) is 5.91 Å². The van der Waals surface area contributed by atoms with Crippen LogP contribution in [0.5, 0.6) is 0 Å². The van der Waals surface area contributed by atoms with Gasteiger partial charge in [0.1, 0.15) is 5.82 Å². The Labute approximate surface area is 121 Å². The zero-order valence-corrected chi connectivity index (χ0v) is 11.7. The quantitative estimate of drug-likeness (QED) is 0.818. The molecule has 2 rings (SSSR count). The first-order chi connectivity index (χ1) is 10.0. The van der Waals surface area contributed by atoms with Gasteiger partial charge in [0.05, 0.1) is 11.4 Å². The van der Waals surface area contributed by atoms with Crippen LogP contribution < -0.4 is 16.7 Å². The van der Waals surface area contributed by atoms with E-state index in [1.807, 2.05) is 6.92 Å². The molecule has 0 aliphatic rings. The molecule has 6 nitrogen and oxygen atoms in total. The summed E-state index contributed by atoms with van der Waals surface area (Å²) in [6, 6.07) is 3.77. The lowest BCUT2D eigenvalue weighted by molar-refractivity contribution is -0.116. The molecule has 0 unspecified atom stereocenters. The monoisotopic (exact) mass is 292 g/mol. The van der Waals surface area contributed by atoms with Crippen LogP contribution in [-0.4, -0.2) is 15.0 Å². The summed E-state index contributed by atoms with van der Waals surface area (Å²) >= 11 is 0. The molecule has 1 aromatic carbocycles. The number of carbonyl (C=O) groups is 1. The number of anilines is 2. The minimum Gasteiger partial charge on any atom is -0.397 e. The summed E-state index contributed by atoms with van der Waals surface area (Å²) in [5.74, 6) is -0.748. The molecule has 2 aromatic rings. The van der Waals surface area contributed by atoms with E-state index in [0.717, 1.165) is 6.07 Å². The third kappa shape index (κ3) is 3.50. The smallest absolute Gasteiger partial charge is 0.328 e. The number of rotatable bonds is 5. The van der Waals surface area contributed by atoms with Gasteiger partial charge in [-0.2, -0.15) is 0 Å². The number of halogens is 1. The Hall–Kier alpha value is -2.57. The SMILES string of the molecule is CCn1ccn(CCC(=O)Nc2ccc(F)cc2N)c1=O. The largest absolute Gasteiger partial charge is 0.397 e. The van der Waals surface area contributed by atoms with Gasteiger partial charge in [-0.3, -0.25) is 13.9 Å². The molecular formula is C14H17FN4O2. The van der Waals surface area contributed by atoms with Crippen LogP contribution in [0.15, 0.2) is 35.4 Å². The van der Waals surface area contributed by atoms with Gasteiger partial charge in [-0.05, 0) is 25.1 Å². The Morgan fingerprint density at radius 2 is 2.05 bits per heavy atom. The second-order valence-corrected chi connectivity index (χ2v) is 4.59. The first-order valence-electron chi connectivity index (χ1n) is 6.61. The van der Waals surface area contributed by atoms with E-state index in [4.69, 9.17) is 5.73 Å². The number of imidazole rings is 1. The minimum atomic E-state index is -0.460. The number of benzene rings is 1. The van der Waals surface area contributed by atoms with Crippen LogP contribution in [0.3, 0.4) is 0 Å². The van der Waals surface area contributed by atoms with Crippen LogP contribution in [0.1, 0.15) is 13.3 Å². The summed E-state index contributed by atoms with van der Waals surface area (Å²) < 4.78 is 15.9. The molecule has 3 N–H and O–H groups in total. The zero-order valence-electron chi connectivity index (χ0n) is 11.7. The summed E-state index contributed by atoms with van der Waals surface area (Å²) in [7, 11) is 0. The van der Waals surface area contributed by atoms with Crippen molar-refractivity contribution in [3.63, 3.8) is 0 Å². The standard InChI is InChI=1S/C14H17FN4O2/c1-2-18-7-8-19(14(18)21)6-5-13(20)17-12-4-3-10(15)9-11(12)16/h3-4,7-9H,2,5-6,16H2,1H3,(H,17,20). The second kappa shape index (κ2) is 6.25. The van der Waals surface area contributed by atoms with Gasteiger partial charge in [0.25, 0.3) is 0 Å². The van der Waals surface area contributed by atoms with Gasteiger partial charge in [-0.1, -0.05) is 0 Å². The lowest BCUT2D eigenvalue weighted by Crippen LogP contribution is -2.25. The van der Waals surface area contributed by atoms with Crippen LogP contribution in [0.25, 0.3) is 0 Å². The van der Waals surface area contributed by atoms with Gasteiger partial charge in [-0.15, -0.1) is 0 Å². The van der Waals surface area contributed by atoms with E-state index in [1.54, 1.807) is 17.0 Å². The normalized spacial score (nSPS) is 10.6. The number of aryl methyl sites for hydroxylation is 2. The highest BCUT2D eigenvalue weighted by Crippen LogP contribution is 2.19.